The topological polar surface area (TPSA) is 37.3 Å². The molecule has 2 nitrogen and oxygen atoms in total. The van der Waals surface area contributed by atoms with E-state index in [4.69, 9.17) is 5.11 Å². The van der Waals surface area contributed by atoms with Gasteiger partial charge in [-0.25, -0.2) is 4.79 Å². The van der Waals surface area contributed by atoms with Crippen molar-refractivity contribution in [2.45, 2.75) is 34.1 Å². The zero-order chi connectivity index (χ0) is 11.6. The molecule has 0 aliphatic rings. The molecule has 15 heavy (non-hydrogen) atoms. The number of carboxylic acid groups (broad SMARTS) is 1. The second-order valence-electron chi connectivity index (χ2n) is 5.05. The first-order valence-electron chi connectivity index (χ1n) is 5.12. The fourth-order valence-electron chi connectivity index (χ4n) is 1.32. The molecule has 0 aliphatic heterocycles. The molecule has 1 rings (SSSR count). The average molecular weight is 226 g/mol. The second kappa shape index (κ2) is 4.35. The monoisotopic (exact) mass is 226 g/mol. The summed E-state index contributed by atoms with van der Waals surface area (Å²) in [4.78, 5) is 11.4. The van der Waals surface area contributed by atoms with Gasteiger partial charge in [-0.1, -0.05) is 27.7 Å². The zero-order valence-electron chi connectivity index (χ0n) is 9.70. The number of hydrogen-bond donors (Lipinski definition) is 1. The highest BCUT2D eigenvalue weighted by atomic mass is 32.1. The molecule has 0 bridgehead atoms. The Hall–Kier alpha value is -0.830. The van der Waals surface area contributed by atoms with Crippen LogP contribution in [0.15, 0.2) is 11.4 Å². The lowest BCUT2D eigenvalue weighted by Gasteiger charge is -2.27. The van der Waals surface area contributed by atoms with Gasteiger partial charge in [0.2, 0.25) is 0 Å². The summed E-state index contributed by atoms with van der Waals surface area (Å²) in [7, 11) is 0. The van der Waals surface area contributed by atoms with Crippen LogP contribution < -0.4 is 0 Å². The van der Waals surface area contributed by atoms with Crippen LogP contribution in [0.25, 0.3) is 0 Å². The summed E-state index contributed by atoms with van der Waals surface area (Å²) in [5.74, 6) is -0.327. The maximum absolute atomic E-state index is 10.9. The largest absolute Gasteiger partial charge is 0.477 e. The van der Waals surface area contributed by atoms with Crippen molar-refractivity contribution in [2.75, 3.05) is 0 Å². The van der Waals surface area contributed by atoms with Gasteiger partial charge in [0.15, 0.2) is 0 Å². The average Bonchev–Trinajstić information content (AvgIpc) is 2.50. The molecule has 0 saturated carbocycles. The third kappa shape index (κ3) is 3.06. The van der Waals surface area contributed by atoms with E-state index in [1.165, 1.54) is 11.3 Å². The minimum atomic E-state index is -0.805. The Kier molecular flexibility index (Phi) is 3.55. The molecule has 0 saturated heterocycles. The molecule has 0 radical (unpaired) electrons. The maximum Gasteiger partial charge on any atom is 0.346 e. The lowest BCUT2D eigenvalue weighted by atomic mass is 9.79. The van der Waals surface area contributed by atoms with Crippen LogP contribution in [0.5, 0.6) is 0 Å². The van der Waals surface area contributed by atoms with Gasteiger partial charge >= 0.3 is 5.97 Å². The quantitative estimate of drug-likeness (QED) is 0.853. The first-order chi connectivity index (χ1) is 6.82. The van der Waals surface area contributed by atoms with Crippen LogP contribution in [0, 0.1) is 11.3 Å². The molecular weight excluding hydrogens is 208 g/mol. The van der Waals surface area contributed by atoms with Crippen molar-refractivity contribution in [1.29, 1.82) is 0 Å². The Morgan fingerprint density at radius 3 is 2.60 bits per heavy atom. The number of rotatable bonds is 3. The molecule has 1 aromatic heterocycles. The molecule has 3 heteroatoms. The molecule has 0 amide bonds. The molecular formula is C12H18O2S. The molecule has 0 spiro atoms. The summed E-state index contributed by atoms with van der Waals surface area (Å²) >= 11 is 1.31. The predicted octanol–water partition coefficient (Wildman–Crippen LogP) is 3.67. The first-order valence-corrected chi connectivity index (χ1v) is 6.00. The lowest BCUT2D eigenvalue weighted by Crippen LogP contribution is -2.20. The Labute approximate surface area is 94.9 Å². The smallest absolute Gasteiger partial charge is 0.346 e. The molecule has 1 N–H and O–H groups in total. The Morgan fingerprint density at radius 1 is 1.53 bits per heavy atom. The summed E-state index contributed by atoms with van der Waals surface area (Å²) in [6.07, 6.45) is 0.842. The first kappa shape index (κ1) is 12.2. The fourth-order valence-corrected chi connectivity index (χ4v) is 2.09. The van der Waals surface area contributed by atoms with Crippen LogP contribution in [-0.2, 0) is 6.42 Å². The van der Waals surface area contributed by atoms with Gasteiger partial charge < -0.3 is 5.11 Å². The van der Waals surface area contributed by atoms with Crippen molar-refractivity contribution in [3.63, 3.8) is 0 Å². The van der Waals surface area contributed by atoms with Gasteiger partial charge in [-0.05, 0) is 34.8 Å². The highest BCUT2D eigenvalue weighted by Crippen LogP contribution is 2.30. The third-order valence-corrected chi connectivity index (χ3v) is 3.89. The highest BCUT2D eigenvalue weighted by Gasteiger charge is 2.22. The van der Waals surface area contributed by atoms with Crippen molar-refractivity contribution in [3.8, 4) is 0 Å². The molecule has 0 aliphatic carbocycles. The summed E-state index contributed by atoms with van der Waals surface area (Å²) < 4.78 is 0. The van der Waals surface area contributed by atoms with E-state index in [0.29, 0.717) is 10.8 Å². The molecule has 1 aromatic rings. The van der Waals surface area contributed by atoms with Crippen molar-refractivity contribution in [2.24, 2.45) is 11.3 Å². The molecule has 84 valence electrons. The standard InChI is InChI=1S/C12H18O2S/c1-8(12(2,3)4)7-9-5-6-15-10(9)11(13)14/h5-6,8H,7H2,1-4H3,(H,13,14). The number of carboxylic acids is 1. The second-order valence-corrected chi connectivity index (χ2v) is 5.97. The van der Waals surface area contributed by atoms with Gasteiger partial charge in [-0.2, -0.15) is 0 Å². The van der Waals surface area contributed by atoms with E-state index in [1.807, 2.05) is 11.4 Å². The summed E-state index contributed by atoms with van der Waals surface area (Å²) in [6.45, 7) is 8.72. The minimum Gasteiger partial charge on any atom is -0.477 e. The van der Waals surface area contributed by atoms with E-state index < -0.39 is 5.97 Å². The number of carbonyl (C=O) groups is 1. The Balaban J connectivity index is 2.81. The fraction of sp³-hybridized carbons (Fsp3) is 0.583. The lowest BCUT2D eigenvalue weighted by molar-refractivity contribution is 0.0700. The molecule has 1 unspecified atom stereocenters. The van der Waals surface area contributed by atoms with Crippen LogP contribution >= 0.6 is 11.3 Å². The van der Waals surface area contributed by atoms with Gasteiger partial charge in [0.1, 0.15) is 4.88 Å². The van der Waals surface area contributed by atoms with Crippen molar-refractivity contribution < 1.29 is 9.90 Å². The summed E-state index contributed by atoms with van der Waals surface area (Å²) in [5.41, 5.74) is 1.19. The van der Waals surface area contributed by atoms with Crippen molar-refractivity contribution in [3.05, 3.63) is 21.9 Å². The highest BCUT2D eigenvalue weighted by molar-refractivity contribution is 7.12. The normalized spacial score (nSPS) is 13.9. The van der Waals surface area contributed by atoms with Gasteiger partial charge in [0.05, 0.1) is 0 Å². The van der Waals surface area contributed by atoms with E-state index in [1.54, 1.807) is 0 Å². The number of thiophene rings is 1. The maximum atomic E-state index is 10.9. The van der Waals surface area contributed by atoms with E-state index in [2.05, 4.69) is 27.7 Å². The Morgan fingerprint density at radius 2 is 2.13 bits per heavy atom. The predicted molar refractivity (Wildman–Crippen MR) is 63.6 cm³/mol. The summed E-state index contributed by atoms with van der Waals surface area (Å²) in [5, 5.41) is 10.8. The van der Waals surface area contributed by atoms with Gasteiger partial charge in [-0.15, -0.1) is 11.3 Å². The summed E-state index contributed by atoms with van der Waals surface area (Å²) in [6, 6.07) is 1.93. The minimum absolute atomic E-state index is 0.220. The van der Waals surface area contributed by atoms with Crippen LogP contribution in [-0.4, -0.2) is 11.1 Å². The Bertz CT molecular complexity index is 347. The molecule has 0 aromatic carbocycles. The van der Waals surface area contributed by atoms with E-state index in [0.717, 1.165) is 12.0 Å². The third-order valence-electron chi connectivity index (χ3n) is 2.95. The number of aromatic carboxylic acids is 1. The van der Waals surface area contributed by atoms with Crippen molar-refractivity contribution >= 4 is 17.3 Å². The van der Waals surface area contributed by atoms with E-state index in [9.17, 15) is 4.79 Å². The van der Waals surface area contributed by atoms with Crippen molar-refractivity contribution in [1.82, 2.24) is 0 Å². The SMILES string of the molecule is CC(Cc1ccsc1C(=O)O)C(C)(C)C. The van der Waals surface area contributed by atoms with Crippen LogP contribution in [0.4, 0.5) is 0 Å². The van der Waals surface area contributed by atoms with Gasteiger partial charge in [-0.3, -0.25) is 0 Å². The molecule has 0 fully saturated rings. The molecule has 1 heterocycles. The van der Waals surface area contributed by atoms with Gasteiger partial charge in [0.25, 0.3) is 0 Å². The number of hydrogen-bond acceptors (Lipinski definition) is 2. The van der Waals surface area contributed by atoms with E-state index in [-0.39, 0.29) is 5.41 Å². The van der Waals surface area contributed by atoms with Crippen LogP contribution in [0.1, 0.15) is 42.9 Å². The van der Waals surface area contributed by atoms with E-state index >= 15 is 0 Å². The molecule has 1 atom stereocenters. The van der Waals surface area contributed by atoms with Crippen LogP contribution in [0.2, 0.25) is 0 Å². The zero-order valence-corrected chi connectivity index (χ0v) is 10.5. The van der Waals surface area contributed by atoms with Crippen LogP contribution in [0.3, 0.4) is 0 Å². The van der Waals surface area contributed by atoms with Gasteiger partial charge in [0, 0.05) is 0 Å².